The SMILES string of the molecule is CN1CC(C)([C@](O)(c2ccc(CC(F)(F)F)cc2)c2cncc(N3C=C(C4CCC(NC(=O)OC(C)(C)C)CC4)ON3)c2)C1. The molecule has 3 aliphatic rings. The van der Waals surface area contributed by atoms with E-state index in [-0.39, 0.29) is 17.5 Å². The normalized spacial score (nSPS) is 23.7. The third kappa shape index (κ3) is 6.97. The number of benzene rings is 1. The van der Waals surface area contributed by atoms with Gasteiger partial charge in [-0.05, 0) is 70.7 Å². The molecule has 2 fully saturated rings. The zero-order valence-electron chi connectivity index (χ0n) is 25.9. The minimum atomic E-state index is -4.31. The van der Waals surface area contributed by atoms with Crippen LogP contribution in [0.1, 0.15) is 70.1 Å². The number of likely N-dealkylation sites (tertiary alicyclic amines) is 1. The predicted molar refractivity (Wildman–Crippen MR) is 159 cm³/mol. The van der Waals surface area contributed by atoms with Gasteiger partial charge in [0.25, 0.3) is 0 Å². The summed E-state index contributed by atoms with van der Waals surface area (Å²) in [5.41, 5.74) is 2.09. The number of aromatic nitrogens is 1. The minimum Gasteiger partial charge on any atom is -0.444 e. The largest absolute Gasteiger partial charge is 0.444 e. The molecule has 9 nitrogen and oxygen atoms in total. The van der Waals surface area contributed by atoms with Gasteiger partial charge in [-0.15, -0.1) is 0 Å². The first kappa shape index (κ1) is 32.1. The number of hydrazine groups is 1. The van der Waals surface area contributed by atoms with E-state index in [0.717, 1.165) is 31.4 Å². The number of hydrogen-bond donors (Lipinski definition) is 3. The lowest BCUT2D eigenvalue weighted by atomic mass is 9.62. The molecule has 0 spiro atoms. The van der Waals surface area contributed by atoms with Crippen molar-refractivity contribution in [2.24, 2.45) is 11.3 Å². The fourth-order valence-corrected chi connectivity index (χ4v) is 6.68. The number of carbonyl (C=O) groups excluding carboxylic acids is 1. The highest BCUT2D eigenvalue weighted by Gasteiger charge is 2.55. The molecule has 1 aromatic heterocycles. The van der Waals surface area contributed by atoms with Gasteiger partial charge < -0.3 is 24.9 Å². The van der Waals surface area contributed by atoms with E-state index < -0.39 is 35.3 Å². The number of nitrogens with one attached hydrogen (secondary N) is 2. The Morgan fingerprint density at radius 3 is 2.36 bits per heavy atom. The average Bonchev–Trinajstić information content (AvgIpc) is 3.41. The second-order valence-corrected chi connectivity index (χ2v) is 13.7. The van der Waals surface area contributed by atoms with Crippen molar-refractivity contribution in [3.05, 3.63) is 71.4 Å². The molecular weight excluding hydrogens is 575 g/mol. The number of halogens is 3. The number of anilines is 1. The van der Waals surface area contributed by atoms with Gasteiger partial charge in [0.2, 0.25) is 0 Å². The zero-order chi connectivity index (χ0) is 31.9. The van der Waals surface area contributed by atoms with E-state index in [1.807, 2.05) is 47.0 Å². The van der Waals surface area contributed by atoms with Crippen LogP contribution in [0.25, 0.3) is 0 Å². The number of alkyl carbamates (subject to hydrolysis) is 1. The van der Waals surface area contributed by atoms with E-state index >= 15 is 0 Å². The maximum Gasteiger partial charge on any atom is 0.407 e. The molecule has 1 saturated carbocycles. The number of aliphatic hydroxyl groups is 1. The molecule has 5 rings (SSSR count). The molecule has 1 atom stereocenters. The van der Waals surface area contributed by atoms with Gasteiger partial charge in [0.1, 0.15) is 17.0 Å². The topological polar surface area (TPSA) is 99.2 Å². The number of nitrogens with zero attached hydrogens (tertiary/aromatic N) is 3. The monoisotopic (exact) mass is 617 g/mol. The Morgan fingerprint density at radius 1 is 1.11 bits per heavy atom. The highest BCUT2D eigenvalue weighted by molar-refractivity contribution is 5.68. The molecule has 1 saturated heterocycles. The van der Waals surface area contributed by atoms with Gasteiger partial charge in [-0.3, -0.25) is 4.98 Å². The highest BCUT2D eigenvalue weighted by Crippen LogP contribution is 2.50. The molecule has 3 N–H and O–H groups in total. The number of rotatable bonds is 7. The van der Waals surface area contributed by atoms with E-state index in [2.05, 4.69) is 20.8 Å². The van der Waals surface area contributed by atoms with Crippen molar-refractivity contribution < 1.29 is 32.6 Å². The number of alkyl halides is 3. The molecule has 3 heterocycles. The summed E-state index contributed by atoms with van der Waals surface area (Å²) in [6.07, 6.45) is 2.64. The molecule has 1 amide bonds. The summed E-state index contributed by atoms with van der Waals surface area (Å²) in [6.45, 7) is 8.68. The number of allylic oxidation sites excluding steroid dienone is 1. The molecule has 0 unspecified atom stereocenters. The van der Waals surface area contributed by atoms with Crippen molar-refractivity contribution in [1.82, 2.24) is 20.8 Å². The quantitative estimate of drug-likeness (QED) is 0.372. The number of ether oxygens (including phenoxy) is 1. The van der Waals surface area contributed by atoms with E-state index in [0.29, 0.717) is 29.9 Å². The lowest BCUT2D eigenvalue weighted by molar-refractivity contribution is -0.128. The molecule has 1 aliphatic carbocycles. The smallest absolute Gasteiger partial charge is 0.407 e. The fraction of sp³-hybridized carbons (Fsp3) is 0.562. The van der Waals surface area contributed by atoms with Crippen LogP contribution in [0.3, 0.4) is 0 Å². The molecule has 0 radical (unpaired) electrons. The molecule has 12 heteroatoms. The maximum absolute atomic E-state index is 13.0. The Balaban J connectivity index is 1.32. The van der Waals surface area contributed by atoms with E-state index in [1.54, 1.807) is 29.5 Å². The van der Waals surface area contributed by atoms with Crippen LogP contribution in [-0.4, -0.2) is 59.0 Å². The zero-order valence-corrected chi connectivity index (χ0v) is 25.9. The standard InChI is InChI=1S/C32H42F3N5O4/c1-29(2,3)43-28(41)37-25-12-8-22(9-13-25)27-18-40(38-44-27)26-14-24(16-36-17-26)32(42,30(4)19-39(5)20-30)23-10-6-21(7-11-23)15-31(33,34)35/h6-7,10-11,14,16-18,22,25,38,42H,8-9,12-13,15,19-20H2,1-5H3,(H,37,41)/t22?,25?,32-/m0/s1. The molecule has 44 heavy (non-hydrogen) atoms. The molecule has 2 aliphatic heterocycles. The van der Waals surface area contributed by atoms with Crippen LogP contribution in [0.2, 0.25) is 0 Å². The summed E-state index contributed by atoms with van der Waals surface area (Å²) in [7, 11) is 1.96. The van der Waals surface area contributed by atoms with Crippen LogP contribution in [0.5, 0.6) is 0 Å². The average molecular weight is 618 g/mol. The van der Waals surface area contributed by atoms with Crippen LogP contribution in [0.15, 0.2) is 54.7 Å². The van der Waals surface area contributed by atoms with Crippen molar-refractivity contribution in [3.63, 3.8) is 0 Å². The fourth-order valence-electron chi connectivity index (χ4n) is 6.68. The summed E-state index contributed by atoms with van der Waals surface area (Å²) in [5.74, 6) is 0.936. The van der Waals surface area contributed by atoms with Crippen molar-refractivity contribution in [2.45, 2.75) is 83.2 Å². The Kier molecular flexibility index (Phi) is 8.65. The third-order valence-electron chi connectivity index (χ3n) is 8.68. The van der Waals surface area contributed by atoms with Crippen molar-refractivity contribution >= 4 is 11.8 Å². The number of hydrogen-bond acceptors (Lipinski definition) is 8. The first-order chi connectivity index (χ1) is 20.5. The van der Waals surface area contributed by atoms with E-state index in [9.17, 15) is 23.1 Å². The number of amides is 1. The van der Waals surface area contributed by atoms with Crippen molar-refractivity contribution in [2.75, 3.05) is 25.1 Å². The summed E-state index contributed by atoms with van der Waals surface area (Å²) >= 11 is 0. The lowest BCUT2D eigenvalue weighted by Gasteiger charge is -2.55. The highest BCUT2D eigenvalue weighted by atomic mass is 19.4. The number of pyridine rings is 1. The summed E-state index contributed by atoms with van der Waals surface area (Å²) in [6, 6.07) is 7.90. The molecule has 240 valence electrons. The van der Waals surface area contributed by atoms with Gasteiger partial charge in [0.05, 0.1) is 24.5 Å². The van der Waals surface area contributed by atoms with Gasteiger partial charge in [-0.1, -0.05) is 36.8 Å². The molecule has 1 aromatic carbocycles. The van der Waals surface area contributed by atoms with Gasteiger partial charge in [-0.2, -0.15) is 13.2 Å². The van der Waals surface area contributed by atoms with Crippen LogP contribution in [-0.2, 0) is 21.6 Å². The summed E-state index contributed by atoms with van der Waals surface area (Å²) in [4.78, 5) is 24.5. The molecular formula is C32H42F3N5O4. The van der Waals surface area contributed by atoms with Crippen LogP contribution in [0.4, 0.5) is 23.7 Å². The lowest BCUT2D eigenvalue weighted by Crippen LogP contribution is -2.63. The van der Waals surface area contributed by atoms with Crippen molar-refractivity contribution in [3.8, 4) is 0 Å². The molecule has 2 aromatic rings. The van der Waals surface area contributed by atoms with Crippen LogP contribution < -0.4 is 15.9 Å². The Bertz CT molecular complexity index is 1360. The first-order valence-corrected chi connectivity index (χ1v) is 15.0. The first-order valence-electron chi connectivity index (χ1n) is 15.0. The van der Waals surface area contributed by atoms with E-state index in [1.165, 1.54) is 12.1 Å². The van der Waals surface area contributed by atoms with Gasteiger partial charge in [0.15, 0.2) is 0 Å². The third-order valence-corrected chi connectivity index (χ3v) is 8.68. The maximum atomic E-state index is 13.0. The second kappa shape index (κ2) is 11.9. The molecule has 0 bridgehead atoms. The summed E-state index contributed by atoms with van der Waals surface area (Å²) in [5, 5.41) is 17.1. The second-order valence-electron chi connectivity index (χ2n) is 13.7. The predicted octanol–water partition coefficient (Wildman–Crippen LogP) is 5.56. The van der Waals surface area contributed by atoms with Gasteiger partial charge in [0, 0.05) is 42.2 Å². The number of carbonyl (C=O) groups is 1. The van der Waals surface area contributed by atoms with E-state index in [4.69, 9.17) is 9.57 Å². The van der Waals surface area contributed by atoms with Gasteiger partial charge in [-0.25, -0.2) is 9.80 Å². The van der Waals surface area contributed by atoms with Crippen LogP contribution >= 0.6 is 0 Å². The minimum absolute atomic E-state index is 0.0418. The summed E-state index contributed by atoms with van der Waals surface area (Å²) < 4.78 is 44.3. The van der Waals surface area contributed by atoms with Crippen LogP contribution in [0, 0.1) is 11.3 Å². The Hall–Kier alpha value is -3.35. The Morgan fingerprint density at radius 2 is 1.77 bits per heavy atom. The Labute approximate surface area is 256 Å². The van der Waals surface area contributed by atoms with Crippen molar-refractivity contribution in [1.29, 1.82) is 0 Å². The van der Waals surface area contributed by atoms with Gasteiger partial charge >= 0.3 is 12.3 Å².